The molecule has 0 heterocycles. The van der Waals surface area contributed by atoms with Crippen molar-refractivity contribution in [3.8, 4) is 0 Å². The molecule has 1 heteroatoms. The van der Waals surface area contributed by atoms with E-state index < -0.39 is 5.60 Å². The fourth-order valence-corrected chi connectivity index (χ4v) is 7.95. The first-order chi connectivity index (χ1) is 12.1. The molecule has 1 nitrogen and oxygen atoms in total. The summed E-state index contributed by atoms with van der Waals surface area (Å²) in [7, 11) is 0. The van der Waals surface area contributed by atoms with E-state index in [1.807, 2.05) is 19.4 Å². The Balaban J connectivity index is 1.54. The lowest BCUT2D eigenvalue weighted by molar-refractivity contribution is -0.0481. The van der Waals surface area contributed by atoms with Crippen molar-refractivity contribution in [2.24, 2.45) is 40.4 Å². The molecule has 7 atom stereocenters. The summed E-state index contributed by atoms with van der Waals surface area (Å²) < 4.78 is 0. The van der Waals surface area contributed by atoms with Gasteiger partial charge in [-0.15, -0.1) is 0 Å². The fourth-order valence-electron chi connectivity index (χ4n) is 7.95. The van der Waals surface area contributed by atoms with Crippen LogP contribution in [0.4, 0.5) is 0 Å². The van der Waals surface area contributed by atoms with Crippen LogP contribution in [-0.4, -0.2) is 10.7 Å². The first-order valence-corrected chi connectivity index (χ1v) is 11.6. The Labute approximate surface area is 162 Å². The highest BCUT2D eigenvalue weighted by Crippen LogP contribution is 2.67. The van der Waals surface area contributed by atoms with E-state index in [4.69, 9.17) is 0 Å². The van der Waals surface area contributed by atoms with Gasteiger partial charge in [0.15, 0.2) is 0 Å². The molecule has 7 unspecified atom stereocenters. The van der Waals surface area contributed by atoms with E-state index in [9.17, 15) is 5.11 Å². The maximum atomic E-state index is 10.2. The van der Waals surface area contributed by atoms with Crippen LogP contribution in [0.2, 0.25) is 0 Å². The van der Waals surface area contributed by atoms with Crippen LogP contribution in [0.1, 0.15) is 98.8 Å². The molecule has 0 spiro atoms. The van der Waals surface area contributed by atoms with Crippen LogP contribution in [0.3, 0.4) is 0 Å². The zero-order chi connectivity index (χ0) is 18.7. The monoisotopic (exact) mass is 358 g/mol. The van der Waals surface area contributed by atoms with Crippen LogP contribution in [0.15, 0.2) is 11.6 Å². The molecule has 0 aromatic carbocycles. The molecule has 4 aliphatic rings. The van der Waals surface area contributed by atoms with Gasteiger partial charge in [-0.05, 0) is 118 Å². The van der Waals surface area contributed by atoms with Crippen molar-refractivity contribution in [2.75, 3.05) is 0 Å². The molecule has 0 aromatic heterocycles. The Morgan fingerprint density at radius 3 is 2.58 bits per heavy atom. The van der Waals surface area contributed by atoms with Crippen LogP contribution < -0.4 is 0 Å². The molecular formula is C25H42O. The lowest BCUT2D eigenvalue weighted by Gasteiger charge is -2.58. The predicted octanol–water partition coefficient (Wildman–Crippen LogP) is 6.75. The van der Waals surface area contributed by atoms with Crippen molar-refractivity contribution in [3.05, 3.63) is 11.6 Å². The Bertz CT molecular complexity index is 569. The summed E-state index contributed by atoms with van der Waals surface area (Å²) in [6.07, 6.45) is 16.3. The van der Waals surface area contributed by atoms with Crippen molar-refractivity contribution in [1.29, 1.82) is 0 Å². The summed E-state index contributed by atoms with van der Waals surface area (Å²) in [4.78, 5) is 0. The van der Waals surface area contributed by atoms with E-state index >= 15 is 0 Å². The molecule has 0 aromatic rings. The van der Waals surface area contributed by atoms with Gasteiger partial charge in [0, 0.05) is 0 Å². The van der Waals surface area contributed by atoms with Gasteiger partial charge >= 0.3 is 0 Å². The number of hydrogen-bond donors (Lipinski definition) is 1. The molecule has 0 aliphatic heterocycles. The van der Waals surface area contributed by atoms with Crippen molar-refractivity contribution in [2.45, 2.75) is 104 Å². The summed E-state index contributed by atoms with van der Waals surface area (Å²) in [5, 5.41) is 10.2. The van der Waals surface area contributed by atoms with E-state index in [-0.39, 0.29) is 0 Å². The summed E-state index contributed by atoms with van der Waals surface area (Å²) in [5.74, 6) is 4.55. The third-order valence-electron chi connectivity index (χ3n) is 9.65. The minimum absolute atomic E-state index is 0.500. The average Bonchev–Trinajstić information content (AvgIpc) is 2.89. The molecule has 0 saturated heterocycles. The minimum atomic E-state index is -0.500. The molecule has 1 N–H and O–H groups in total. The smallest absolute Gasteiger partial charge is 0.0591 e. The highest BCUT2D eigenvalue weighted by atomic mass is 16.3. The van der Waals surface area contributed by atoms with Gasteiger partial charge in [-0.1, -0.05) is 32.4 Å². The van der Waals surface area contributed by atoms with Gasteiger partial charge in [-0.25, -0.2) is 0 Å². The zero-order valence-corrected chi connectivity index (χ0v) is 18.0. The van der Waals surface area contributed by atoms with Crippen molar-refractivity contribution >= 4 is 0 Å². The van der Waals surface area contributed by atoms with E-state index in [1.54, 1.807) is 0 Å². The number of aliphatic hydroxyl groups is 1. The van der Waals surface area contributed by atoms with Gasteiger partial charge in [0.25, 0.3) is 0 Å². The molecule has 4 aliphatic carbocycles. The van der Waals surface area contributed by atoms with Gasteiger partial charge in [0.1, 0.15) is 0 Å². The maximum absolute atomic E-state index is 10.2. The molecule has 26 heavy (non-hydrogen) atoms. The third-order valence-corrected chi connectivity index (χ3v) is 9.65. The molecule has 4 rings (SSSR count). The Morgan fingerprint density at radius 2 is 1.85 bits per heavy atom. The number of rotatable bonds is 3. The summed E-state index contributed by atoms with van der Waals surface area (Å²) >= 11 is 0. The summed E-state index contributed by atoms with van der Waals surface area (Å²) in [6, 6.07) is 0. The molecule has 0 bridgehead atoms. The Morgan fingerprint density at radius 1 is 1.08 bits per heavy atom. The highest BCUT2D eigenvalue weighted by molar-refractivity contribution is 5.25. The largest absolute Gasteiger partial charge is 0.390 e. The van der Waals surface area contributed by atoms with Crippen LogP contribution >= 0.6 is 0 Å². The maximum Gasteiger partial charge on any atom is 0.0591 e. The second kappa shape index (κ2) is 6.36. The lowest BCUT2D eigenvalue weighted by atomic mass is 9.47. The van der Waals surface area contributed by atoms with Gasteiger partial charge in [0.05, 0.1) is 5.60 Å². The standard InChI is InChI=1S/C25H42O/c1-17-10-14-25(5)19(16-17)6-8-20-21-9-7-18(11-13-23(2,3)26)24(21,4)15-12-22(20)25/h6,17-18,20-22,26H,7-16H2,1-5H3. The number of hydrogen-bond acceptors (Lipinski definition) is 1. The predicted molar refractivity (Wildman–Crippen MR) is 110 cm³/mol. The normalized spacial score (nSPS) is 48.4. The molecule has 148 valence electrons. The van der Waals surface area contributed by atoms with Crippen LogP contribution in [-0.2, 0) is 0 Å². The minimum Gasteiger partial charge on any atom is -0.390 e. The van der Waals surface area contributed by atoms with Crippen molar-refractivity contribution in [3.63, 3.8) is 0 Å². The fraction of sp³-hybridized carbons (Fsp3) is 0.920. The first kappa shape index (κ1) is 19.0. The molecular weight excluding hydrogens is 316 g/mol. The van der Waals surface area contributed by atoms with E-state index in [0.717, 1.165) is 36.0 Å². The molecule has 3 saturated carbocycles. The van der Waals surface area contributed by atoms with Crippen LogP contribution in [0.5, 0.6) is 0 Å². The van der Waals surface area contributed by atoms with Crippen LogP contribution in [0, 0.1) is 40.4 Å². The van der Waals surface area contributed by atoms with Crippen LogP contribution in [0.25, 0.3) is 0 Å². The zero-order valence-electron chi connectivity index (χ0n) is 18.0. The van der Waals surface area contributed by atoms with E-state index in [1.165, 1.54) is 57.8 Å². The van der Waals surface area contributed by atoms with Crippen molar-refractivity contribution < 1.29 is 5.11 Å². The second-order valence-corrected chi connectivity index (χ2v) is 11.8. The SMILES string of the molecule is CC1CCC2(C)C(=CCC3C2CCC2(C)C(CCC(C)(C)O)CCC32)C1. The highest BCUT2D eigenvalue weighted by Gasteiger charge is 2.58. The molecule has 0 amide bonds. The number of allylic oxidation sites excluding steroid dienone is 2. The van der Waals surface area contributed by atoms with Gasteiger partial charge < -0.3 is 5.11 Å². The summed E-state index contributed by atoms with van der Waals surface area (Å²) in [5.41, 5.74) is 2.39. The topological polar surface area (TPSA) is 20.2 Å². The first-order valence-electron chi connectivity index (χ1n) is 11.6. The summed E-state index contributed by atoms with van der Waals surface area (Å²) in [6.45, 7) is 11.7. The van der Waals surface area contributed by atoms with Gasteiger partial charge in [-0.2, -0.15) is 0 Å². The average molecular weight is 359 g/mol. The molecule has 0 radical (unpaired) electrons. The van der Waals surface area contributed by atoms with Crippen molar-refractivity contribution in [1.82, 2.24) is 0 Å². The quantitative estimate of drug-likeness (QED) is 0.553. The van der Waals surface area contributed by atoms with E-state index in [2.05, 4.69) is 26.8 Å². The van der Waals surface area contributed by atoms with Gasteiger partial charge in [0.2, 0.25) is 0 Å². The Hall–Kier alpha value is -0.300. The third kappa shape index (κ3) is 3.01. The molecule has 3 fully saturated rings. The Kier molecular flexibility index (Phi) is 4.66. The van der Waals surface area contributed by atoms with E-state index in [0.29, 0.717) is 10.8 Å². The second-order valence-electron chi connectivity index (χ2n) is 11.8. The number of fused-ring (bicyclic) bond motifs is 5. The van der Waals surface area contributed by atoms with Gasteiger partial charge in [-0.3, -0.25) is 0 Å². The lowest BCUT2D eigenvalue weighted by Crippen LogP contribution is -2.50.